The summed E-state index contributed by atoms with van der Waals surface area (Å²) in [6, 6.07) is 13.4. The first-order valence-corrected chi connectivity index (χ1v) is 12.8. The number of alkyl halides is 3. The Bertz CT molecular complexity index is 1580. The van der Waals surface area contributed by atoms with Crippen LogP contribution in [0.2, 0.25) is 0 Å². The molecular weight excluding hydrogens is 512 g/mol. The first kappa shape index (κ1) is 25.1. The Morgan fingerprint density at radius 1 is 1.05 bits per heavy atom. The molecule has 192 valence electrons. The summed E-state index contributed by atoms with van der Waals surface area (Å²) in [6.07, 6.45) is -2.58. The Balaban J connectivity index is 1.25. The summed E-state index contributed by atoms with van der Waals surface area (Å²) < 4.78 is 84.4. The maximum atomic E-state index is 13.5. The molecule has 1 aliphatic rings. The zero-order chi connectivity index (χ0) is 26.4. The number of ketones is 1. The van der Waals surface area contributed by atoms with Gasteiger partial charge < -0.3 is 4.42 Å². The average Bonchev–Trinajstić information content (AvgIpc) is 3.26. The van der Waals surface area contributed by atoms with E-state index in [1.807, 2.05) is 0 Å². The molecule has 0 spiro atoms. The topological polar surface area (TPSA) is 80.5 Å². The molecule has 1 fully saturated rings. The molecule has 0 aliphatic carbocycles. The van der Waals surface area contributed by atoms with Crippen LogP contribution in [0.3, 0.4) is 0 Å². The van der Waals surface area contributed by atoms with E-state index in [-0.39, 0.29) is 29.4 Å². The SMILES string of the molecule is O=C(CCc1cccc(-c2ccc(C(F)(F)F)nc2)c1)[C@@H]1CCN1S(=O)(=O)c1cc2cc(F)ccc2o1. The third-order valence-corrected chi connectivity index (χ3v) is 8.10. The van der Waals surface area contributed by atoms with Gasteiger partial charge in [-0.05, 0) is 48.2 Å². The molecule has 0 unspecified atom stereocenters. The molecule has 3 heterocycles. The van der Waals surface area contributed by atoms with Crippen molar-refractivity contribution in [1.29, 1.82) is 0 Å². The molecule has 0 saturated carbocycles. The van der Waals surface area contributed by atoms with Crippen LogP contribution in [0, 0.1) is 5.82 Å². The summed E-state index contributed by atoms with van der Waals surface area (Å²) in [4.78, 5) is 16.4. The number of benzene rings is 2. The molecule has 1 atom stereocenters. The Morgan fingerprint density at radius 3 is 2.54 bits per heavy atom. The Labute approximate surface area is 209 Å². The first-order valence-electron chi connectivity index (χ1n) is 11.4. The van der Waals surface area contributed by atoms with Crippen molar-refractivity contribution < 1.29 is 35.2 Å². The minimum absolute atomic E-state index is 0.0801. The van der Waals surface area contributed by atoms with Crippen LogP contribution in [-0.4, -0.2) is 36.1 Å². The molecule has 0 N–H and O–H groups in total. The van der Waals surface area contributed by atoms with Crippen LogP contribution in [0.25, 0.3) is 22.1 Å². The fourth-order valence-electron chi connectivity index (χ4n) is 4.28. The van der Waals surface area contributed by atoms with E-state index in [2.05, 4.69) is 4.98 Å². The van der Waals surface area contributed by atoms with E-state index in [4.69, 9.17) is 4.42 Å². The van der Waals surface area contributed by atoms with Crippen molar-refractivity contribution in [1.82, 2.24) is 9.29 Å². The van der Waals surface area contributed by atoms with Gasteiger partial charge in [0.15, 0.2) is 5.78 Å². The van der Waals surface area contributed by atoms with Gasteiger partial charge in [-0.25, -0.2) is 12.8 Å². The van der Waals surface area contributed by atoms with E-state index in [1.54, 1.807) is 24.3 Å². The number of rotatable bonds is 7. The highest BCUT2D eigenvalue weighted by molar-refractivity contribution is 7.89. The standard InChI is InChI=1S/C26H20F4N2O4S/c27-20-6-8-23-19(13-20)14-25(36-23)37(34,35)32-11-10-21(32)22(33)7-4-16-2-1-3-17(12-16)18-5-9-24(31-15-18)26(28,29)30/h1-3,5-6,8-9,12-15,21H,4,7,10-11H2/t21-/m0/s1. The zero-order valence-corrected chi connectivity index (χ0v) is 20.0. The summed E-state index contributed by atoms with van der Waals surface area (Å²) in [5.74, 6) is -0.772. The number of hydrogen-bond donors (Lipinski definition) is 0. The molecule has 37 heavy (non-hydrogen) atoms. The number of furan rings is 1. The lowest BCUT2D eigenvalue weighted by molar-refractivity contribution is -0.141. The van der Waals surface area contributed by atoms with Crippen molar-refractivity contribution in [3.05, 3.63) is 83.9 Å². The molecule has 0 radical (unpaired) electrons. The van der Waals surface area contributed by atoms with Crippen LogP contribution in [0.4, 0.5) is 17.6 Å². The number of aryl methyl sites for hydroxylation is 1. The highest BCUT2D eigenvalue weighted by atomic mass is 32.2. The van der Waals surface area contributed by atoms with Crippen LogP contribution in [-0.2, 0) is 27.4 Å². The van der Waals surface area contributed by atoms with Gasteiger partial charge >= 0.3 is 6.18 Å². The molecule has 5 rings (SSSR count). The molecule has 0 amide bonds. The number of pyridine rings is 1. The van der Waals surface area contributed by atoms with Crippen molar-refractivity contribution in [3.63, 3.8) is 0 Å². The molecule has 1 aliphatic heterocycles. The Kier molecular flexibility index (Phi) is 6.36. The lowest BCUT2D eigenvalue weighted by Crippen LogP contribution is -2.54. The summed E-state index contributed by atoms with van der Waals surface area (Å²) in [5.41, 5.74) is 1.18. The first-order chi connectivity index (χ1) is 17.5. The van der Waals surface area contributed by atoms with Crippen molar-refractivity contribution in [2.75, 3.05) is 6.54 Å². The van der Waals surface area contributed by atoms with Crippen molar-refractivity contribution in [3.8, 4) is 11.1 Å². The molecule has 0 bridgehead atoms. The number of halogens is 4. The number of hydrogen-bond acceptors (Lipinski definition) is 5. The van der Waals surface area contributed by atoms with Gasteiger partial charge in [-0.15, -0.1) is 0 Å². The Hall–Kier alpha value is -3.57. The van der Waals surface area contributed by atoms with Crippen LogP contribution in [0.5, 0.6) is 0 Å². The van der Waals surface area contributed by atoms with Crippen LogP contribution in [0.1, 0.15) is 24.1 Å². The van der Waals surface area contributed by atoms with Gasteiger partial charge in [0.05, 0.1) is 6.04 Å². The second-order valence-corrected chi connectivity index (χ2v) is 10.6. The van der Waals surface area contributed by atoms with E-state index in [1.165, 1.54) is 30.3 Å². The summed E-state index contributed by atoms with van der Waals surface area (Å²) in [7, 11) is -4.07. The number of fused-ring (bicyclic) bond motifs is 1. The van der Waals surface area contributed by atoms with E-state index in [9.17, 15) is 30.8 Å². The molecular formula is C26H20F4N2O4S. The van der Waals surface area contributed by atoms with Gasteiger partial charge in [0, 0.05) is 36.2 Å². The summed E-state index contributed by atoms with van der Waals surface area (Å²) in [5, 5.41) is -0.0337. The van der Waals surface area contributed by atoms with Crippen molar-refractivity contribution in [2.45, 2.75) is 36.6 Å². The molecule has 11 heteroatoms. The van der Waals surface area contributed by atoms with Crippen LogP contribution < -0.4 is 0 Å². The van der Waals surface area contributed by atoms with Gasteiger partial charge in [0.1, 0.15) is 17.1 Å². The lowest BCUT2D eigenvalue weighted by Gasteiger charge is -2.37. The fraction of sp³-hybridized carbons (Fsp3) is 0.231. The van der Waals surface area contributed by atoms with E-state index >= 15 is 0 Å². The number of aromatic nitrogens is 1. The number of Topliss-reactive ketones (excluding diaryl/α,β-unsaturated/α-hetero) is 1. The van der Waals surface area contributed by atoms with E-state index < -0.39 is 33.8 Å². The van der Waals surface area contributed by atoms with Gasteiger partial charge in [0.25, 0.3) is 10.0 Å². The largest absolute Gasteiger partial charge is 0.443 e. The van der Waals surface area contributed by atoms with Gasteiger partial charge in [-0.1, -0.05) is 30.3 Å². The maximum absolute atomic E-state index is 13.5. The van der Waals surface area contributed by atoms with Gasteiger partial charge in [0.2, 0.25) is 5.09 Å². The smallest absolute Gasteiger partial charge is 0.433 e. The normalized spacial score (nSPS) is 16.6. The van der Waals surface area contributed by atoms with E-state index in [0.717, 1.165) is 22.1 Å². The molecule has 6 nitrogen and oxygen atoms in total. The minimum atomic E-state index is -4.52. The predicted octanol–water partition coefficient (Wildman–Crippen LogP) is 5.62. The predicted molar refractivity (Wildman–Crippen MR) is 126 cm³/mol. The molecule has 4 aromatic rings. The second kappa shape index (κ2) is 9.38. The monoisotopic (exact) mass is 532 g/mol. The fourth-order valence-corrected chi connectivity index (χ4v) is 5.88. The van der Waals surface area contributed by atoms with Crippen molar-refractivity contribution >= 4 is 26.8 Å². The Morgan fingerprint density at radius 2 is 1.86 bits per heavy atom. The minimum Gasteiger partial charge on any atom is -0.443 e. The molecule has 1 saturated heterocycles. The number of carbonyl (C=O) groups excluding carboxylic acids is 1. The van der Waals surface area contributed by atoms with E-state index in [0.29, 0.717) is 29.4 Å². The highest BCUT2D eigenvalue weighted by Crippen LogP contribution is 2.32. The van der Waals surface area contributed by atoms with Crippen molar-refractivity contribution in [2.24, 2.45) is 0 Å². The number of nitrogens with zero attached hydrogens (tertiary/aromatic N) is 2. The second-order valence-electron chi connectivity index (χ2n) is 8.76. The quantitative estimate of drug-likeness (QED) is 0.289. The van der Waals surface area contributed by atoms with Gasteiger partial charge in [-0.2, -0.15) is 17.5 Å². The lowest BCUT2D eigenvalue weighted by atomic mass is 9.96. The highest BCUT2D eigenvalue weighted by Gasteiger charge is 2.43. The maximum Gasteiger partial charge on any atom is 0.433 e. The third-order valence-electron chi connectivity index (χ3n) is 6.34. The molecule has 2 aromatic carbocycles. The molecule has 2 aromatic heterocycles. The number of sulfonamides is 1. The third kappa shape index (κ3) is 5.01. The van der Waals surface area contributed by atoms with Crippen LogP contribution >= 0.6 is 0 Å². The summed E-state index contributed by atoms with van der Waals surface area (Å²) in [6.45, 7) is 0.167. The summed E-state index contributed by atoms with van der Waals surface area (Å²) >= 11 is 0. The van der Waals surface area contributed by atoms with Gasteiger partial charge in [-0.3, -0.25) is 9.78 Å². The van der Waals surface area contributed by atoms with Crippen LogP contribution in [0.15, 0.2) is 76.4 Å². The zero-order valence-electron chi connectivity index (χ0n) is 19.2. The number of carbonyl (C=O) groups is 1. The average molecular weight is 533 g/mol.